The van der Waals surface area contributed by atoms with Gasteiger partial charge >= 0.3 is 0 Å². The fourth-order valence-electron chi connectivity index (χ4n) is 12.0. The number of halogens is 20. The molecule has 0 aliphatic rings. The van der Waals surface area contributed by atoms with Crippen molar-refractivity contribution in [2.24, 2.45) is 0 Å². The first-order valence-corrected chi connectivity index (χ1v) is 32.6. The summed E-state index contributed by atoms with van der Waals surface area (Å²) in [5, 5.41) is 0. The molecular weight excluding hydrogens is 1210 g/mol. The van der Waals surface area contributed by atoms with Gasteiger partial charge in [0.25, 0.3) is 0 Å². The lowest BCUT2D eigenvalue weighted by atomic mass is 9.12. The average Bonchev–Trinajstić information content (AvgIpc) is 0.686. The molecule has 4 aromatic carbocycles. The summed E-state index contributed by atoms with van der Waals surface area (Å²) in [6.45, 7) is 7.42. The van der Waals surface area contributed by atoms with Crippen LogP contribution in [0.5, 0.6) is 0 Å². The lowest BCUT2D eigenvalue weighted by molar-refractivity contribution is -0.880. The van der Waals surface area contributed by atoms with Crippen LogP contribution in [0.25, 0.3) is 0 Å². The maximum atomic E-state index is 15.4. The highest BCUT2D eigenvalue weighted by molar-refractivity contribution is 7.20. The lowest BCUT2D eigenvalue weighted by Gasteiger charge is -2.44. The molecule has 0 radical (unpaired) electrons. The van der Waals surface area contributed by atoms with E-state index in [9.17, 15) is 52.7 Å². The minimum atomic E-state index is -7.22. The molecule has 0 unspecified atom stereocenters. The Bertz CT molecular complexity index is 2320. The molecule has 0 aliphatic carbocycles. The molecule has 0 saturated heterocycles. The van der Waals surface area contributed by atoms with Crippen LogP contribution in [0, 0.1) is 116 Å². The number of hydrogen-bond donors (Lipinski definition) is 1. The fraction of sp³-hybridized carbons (Fsp3) is 0.642. The Labute approximate surface area is 513 Å². The van der Waals surface area contributed by atoms with Gasteiger partial charge in [-0.1, -0.05) is 232 Å². The standard InChI is InChI=1S/C43H89N.C24BF20/c1-4-6-8-10-12-14-16-18-20-22-24-26-28-30-32-34-36-38-40-42-44(3)43-41-39-37-35-33-31-29-27-25-23-21-19-17-15-13-11-9-7-5-2;26-5-1(6(27)14(35)21(42)13(5)34)25(2-7(28)15(36)22(43)16(37)8(2)29,3-9(30)17(38)23(44)18(39)10(3)31)4-11(32)19(40)24(45)20(41)12(4)33/h4-43H2,1-3H3;/q;-1/p+1. The molecule has 0 aromatic heterocycles. The predicted octanol–water partition coefficient (Wildman–Crippen LogP) is 20.2. The van der Waals surface area contributed by atoms with Gasteiger partial charge in [-0.15, -0.1) is 21.9 Å². The van der Waals surface area contributed by atoms with E-state index in [0.717, 1.165) is 0 Å². The van der Waals surface area contributed by atoms with Crippen molar-refractivity contribution < 1.29 is 92.7 Å². The van der Waals surface area contributed by atoms with Gasteiger partial charge in [0.2, 0.25) is 0 Å². The minimum Gasteiger partial charge on any atom is -0.337 e. The molecule has 4 aromatic rings. The van der Waals surface area contributed by atoms with Crippen LogP contribution in [0.2, 0.25) is 0 Å². The van der Waals surface area contributed by atoms with Gasteiger partial charge < -0.3 is 4.90 Å². The highest BCUT2D eigenvalue weighted by Crippen LogP contribution is 2.31. The van der Waals surface area contributed by atoms with Gasteiger partial charge in [-0.05, 0) is 25.7 Å². The molecule has 0 heterocycles. The smallest absolute Gasteiger partial charge is 0.200 e. The van der Waals surface area contributed by atoms with Gasteiger partial charge in [0.1, 0.15) is 52.7 Å². The van der Waals surface area contributed by atoms with Crippen molar-refractivity contribution in [1.29, 1.82) is 0 Å². The minimum absolute atomic E-state index is 1.37. The zero-order valence-corrected chi connectivity index (χ0v) is 51.9. The summed E-state index contributed by atoms with van der Waals surface area (Å²) < 4.78 is 294. The van der Waals surface area contributed by atoms with Crippen molar-refractivity contribution in [2.75, 3.05) is 20.1 Å². The highest BCUT2D eigenvalue weighted by Gasteiger charge is 2.52. The lowest BCUT2D eigenvalue weighted by Crippen LogP contribution is -3.09. The van der Waals surface area contributed by atoms with Crippen LogP contribution in [0.15, 0.2) is 0 Å². The molecule has 1 nitrogen and oxygen atoms in total. The number of hydrogen-bond acceptors (Lipinski definition) is 0. The van der Waals surface area contributed by atoms with Gasteiger partial charge in [0, 0.05) is 0 Å². The van der Waals surface area contributed by atoms with Crippen molar-refractivity contribution in [3.8, 4) is 0 Å². The topological polar surface area (TPSA) is 4.44 Å². The summed E-state index contributed by atoms with van der Waals surface area (Å²) in [6.07, 6.45) is 48.8. The van der Waals surface area contributed by atoms with Crippen molar-refractivity contribution in [3.63, 3.8) is 0 Å². The van der Waals surface area contributed by atoms with Crippen LogP contribution in [0.1, 0.15) is 258 Å². The quantitative estimate of drug-likeness (QED) is 0.0148. The second-order valence-electron chi connectivity index (χ2n) is 24.0. The second kappa shape index (κ2) is 41.9. The number of unbranched alkanes of at least 4 members (excludes halogenated alkanes) is 36. The van der Waals surface area contributed by atoms with E-state index in [2.05, 4.69) is 20.9 Å². The molecule has 1 N–H and O–H groups in total. The maximum Gasteiger partial charge on any atom is 0.200 e. The van der Waals surface area contributed by atoms with Crippen molar-refractivity contribution >= 4 is 28.0 Å². The van der Waals surface area contributed by atoms with Gasteiger partial charge in [0.05, 0.1) is 20.1 Å². The van der Waals surface area contributed by atoms with E-state index < -0.39 is 144 Å². The molecular formula is C67H90BF20N. The van der Waals surface area contributed by atoms with Crippen LogP contribution in [-0.4, -0.2) is 26.3 Å². The van der Waals surface area contributed by atoms with Crippen LogP contribution >= 0.6 is 0 Å². The Morgan fingerprint density at radius 1 is 0.180 bits per heavy atom. The zero-order valence-electron chi connectivity index (χ0n) is 51.9. The third-order valence-electron chi connectivity index (χ3n) is 17.1. The summed E-state index contributed by atoms with van der Waals surface area (Å²) in [6, 6.07) is 0. The van der Waals surface area contributed by atoms with Gasteiger partial charge in [0.15, 0.2) is 69.8 Å². The van der Waals surface area contributed by atoms with Crippen molar-refractivity contribution in [1.82, 2.24) is 0 Å². The summed E-state index contributed by atoms with van der Waals surface area (Å²) in [4.78, 5) is 1.78. The molecule has 0 bridgehead atoms. The first-order chi connectivity index (χ1) is 42.5. The molecule has 0 saturated carbocycles. The highest BCUT2D eigenvalue weighted by atomic mass is 19.2. The third kappa shape index (κ3) is 22.4. The maximum absolute atomic E-state index is 15.4. The van der Waals surface area contributed by atoms with Crippen LogP contribution in [0.4, 0.5) is 87.8 Å². The SMILES string of the molecule is CCCCCCCCCCCCCCCCCCCCC[NH+](C)CCCCCCCCCCCCCCCCCCCCC.Fc1c(F)c(F)c([B-](c2c(F)c(F)c(F)c(F)c2F)(c2c(F)c(F)c(F)c(F)c2F)c2c(F)c(F)c(F)c(F)c2F)c(F)c1F. The summed E-state index contributed by atoms with van der Waals surface area (Å²) in [7, 11) is 2.43. The predicted molar refractivity (Wildman–Crippen MR) is 313 cm³/mol. The number of nitrogens with one attached hydrogen (secondary N) is 1. The molecule has 0 aliphatic heterocycles. The first kappa shape index (κ1) is 78.7. The zero-order chi connectivity index (χ0) is 66.2. The summed E-state index contributed by atoms with van der Waals surface area (Å²) in [5.74, 6) is -71.4. The molecule has 0 atom stereocenters. The molecule has 89 heavy (non-hydrogen) atoms. The molecule has 22 heteroatoms. The number of rotatable bonds is 44. The average molecular weight is 1300 g/mol. The Kier molecular flexibility index (Phi) is 37.1. The normalized spacial score (nSPS) is 11.9. The first-order valence-electron chi connectivity index (χ1n) is 32.6. The van der Waals surface area contributed by atoms with Crippen molar-refractivity contribution in [3.05, 3.63) is 116 Å². The van der Waals surface area contributed by atoms with Gasteiger partial charge in [-0.3, -0.25) is 0 Å². The van der Waals surface area contributed by atoms with Crippen LogP contribution in [0.3, 0.4) is 0 Å². The van der Waals surface area contributed by atoms with Gasteiger partial charge in [-0.25, -0.2) is 87.8 Å². The number of quaternary nitrogens is 1. The molecule has 0 amide bonds. The molecule has 4 rings (SSSR count). The Morgan fingerprint density at radius 3 is 0.427 bits per heavy atom. The van der Waals surface area contributed by atoms with E-state index in [-0.39, 0.29) is 0 Å². The Hall–Kier alpha value is -4.50. The summed E-state index contributed by atoms with van der Waals surface area (Å²) >= 11 is 0. The Morgan fingerprint density at radius 2 is 0.292 bits per heavy atom. The number of benzene rings is 4. The molecule has 0 fully saturated rings. The van der Waals surface area contributed by atoms with Crippen molar-refractivity contribution in [2.45, 2.75) is 258 Å². The van der Waals surface area contributed by atoms with Crippen LogP contribution < -0.4 is 26.8 Å². The van der Waals surface area contributed by atoms with Crippen LogP contribution in [-0.2, 0) is 0 Å². The monoisotopic (exact) mass is 1300 g/mol. The van der Waals surface area contributed by atoms with E-state index >= 15 is 35.1 Å². The van der Waals surface area contributed by atoms with Gasteiger partial charge in [-0.2, -0.15) is 0 Å². The van der Waals surface area contributed by atoms with E-state index in [4.69, 9.17) is 0 Å². The van der Waals surface area contributed by atoms with E-state index in [1.54, 1.807) is 4.90 Å². The molecule has 0 spiro atoms. The molecule has 506 valence electrons. The van der Waals surface area contributed by atoms with E-state index in [0.29, 0.717) is 0 Å². The van der Waals surface area contributed by atoms with E-state index in [1.165, 1.54) is 257 Å². The fourth-order valence-corrected chi connectivity index (χ4v) is 12.0. The Balaban J connectivity index is 0.000000466. The summed E-state index contributed by atoms with van der Waals surface area (Å²) in [5.41, 5.74) is -14.3. The van der Waals surface area contributed by atoms with E-state index in [1.807, 2.05) is 0 Å². The second-order valence-corrected chi connectivity index (χ2v) is 24.0. The largest absolute Gasteiger partial charge is 0.337 e. The third-order valence-corrected chi connectivity index (χ3v) is 17.1.